The highest BCUT2D eigenvalue weighted by Crippen LogP contribution is 2.48. The SMILES string of the molecule is CCCOc1cnc(OC2CC3C(=O)NC4(C(=O)NS(=O)(=O)C5(C)CC5)CC4C=CCCC(C)CC(C)C(NC(=O)OC(C)C(F)(F)F)C(=O)N3C2)c2ccccc12. The molecule has 8 unspecified atom stereocenters. The molecule has 0 radical (unpaired) electrons. The van der Waals surface area contributed by atoms with Gasteiger partial charge >= 0.3 is 12.3 Å². The van der Waals surface area contributed by atoms with Crippen LogP contribution in [-0.2, 0) is 29.1 Å². The number of sulfonamides is 1. The predicted octanol–water partition coefficient (Wildman–Crippen LogP) is 5.30. The van der Waals surface area contributed by atoms with E-state index in [1.54, 1.807) is 25.1 Å². The summed E-state index contributed by atoms with van der Waals surface area (Å²) >= 11 is 0. The first-order chi connectivity index (χ1) is 27.3. The van der Waals surface area contributed by atoms with Crippen LogP contribution in [0.25, 0.3) is 10.8 Å². The summed E-state index contributed by atoms with van der Waals surface area (Å²) in [6, 6.07) is 4.53. The van der Waals surface area contributed by atoms with Crippen LogP contribution < -0.4 is 24.8 Å². The highest BCUT2D eigenvalue weighted by atomic mass is 32.2. The molecule has 2 saturated carbocycles. The van der Waals surface area contributed by atoms with Gasteiger partial charge in [-0.2, -0.15) is 13.2 Å². The van der Waals surface area contributed by atoms with Crippen molar-refractivity contribution in [2.45, 2.75) is 127 Å². The minimum Gasteiger partial charge on any atom is -0.491 e. The number of allylic oxidation sites excluding steroid dienone is 1. The second-order valence-electron chi connectivity index (χ2n) is 16.5. The van der Waals surface area contributed by atoms with Gasteiger partial charge in [-0.05, 0) is 76.7 Å². The standard InChI is InChI=1S/C40H52F3N5O9S/c1-6-17-55-31-21-44-34(29-14-10-9-13-28(29)31)57-27-19-30-33(49)46-39(36(51)47-58(53,54)38(5)15-16-38)20-26(39)12-8-7-11-23(2)18-24(3)32(35(50)48(30)22-27)45-37(52)56-25(4)40(41,42)43/h8-10,12-14,21,23-27,30,32H,6-7,11,15-20,22H2,1-5H3,(H,45,52)(H,46,49)(H,47,51). The van der Waals surface area contributed by atoms with E-state index in [0.29, 0.717) is 56.8 Å². The predicted molar refractivity (Wildman–Crippen MR) is 206 cm³/mol. The fourth-order valence-corrected chi connectivity index (χ4v) is 9.02. The van der Waals surface area contributed by atoms with Gasteiger partial charge in [0, 0.05) is 23.1 Å². The molecule has 4 aliphatic rings. The Balaban J connectivity index is 1.34. The molecule has 6 rings (SSSR count). The molecular formula is C40H52F3N5O9S. The number of pyridine rings is 1. The second kappa shape index (κ2) is 16.6. The number of nitrogens with zero attached hydrogens (tertiary/aromatic N) is 2. The van der Waals surface area contributed by atoms with Crippen molar-refractivity contribution in [3.63, 3.8) is 0 Å². The third-order valence-corrected chi connectivity index (χ3v) is 13.9. The third kappa shape index (κ3) is 9.15. The summed E-state index contributed by atoms with van der Waals surface area (Å²) in [5.41, 5.74) is -1.64. The molecule has 3 N–H and O–H groups in total. The lowest BCUT2D eigenvalue weighted by atomic mass is 9.88. The zero-order chi connectivity index (χ0) is 42.2. The molecule has 3 heterocycles. The number of hydrogen-bond donors (Lipinski definition) is 3. The molecule has 14 nitrogen and oxygen atoms in total. The number of benzene rings is 1. The molecule has 18 heteroatoms. The average Bonchev–Trinajstić information content (AvgIpc) is 4.04. The van der Waals surface area contributed by atoms with Crippen LogP contribution in [0, 0.1) is 17.8 Å². The highest BCUT2D eigenvalue weighted by Gasteiger charge is 2.63. The number of carbonyl (C=O) groups excluding carboxylic acids is 4. The van der Waals surface area contributed by atoms with E-state index >= 15 is 0 Å². The van der Waals surface area contributed by atoms with Gasteiger partial charge in [0.1, 0.15) is 29.5 Å². The molecule has 8 atom stereocenters. The van der Waals surface area contributed by atoms with Crippen molar-refractivity contribution in [2.24, 2.45) is 17.8 Å². The second-order valence-corrected chi connectivity index (χ2v) is 18.7. The van der Waals surface area contributed by atoms with Crippen LogP contribution in [0.2, 0.25) is 0 Å². The Kier molecular flexibility index (Phi) is 12.3. The van der Waals surface area contributed by atoms with Gasteiger partial charge in [-0.25, -0.2) is 18.2 Å². The van der Waals surface area contributed by atoms with Gasteiger partial charge in [0.15, 0.2) is 6.10 Å². The van der Waals surface area contributed by atoms with E-state index < -0.39 is 86.4 Å². The molecule has 318 valence electrons. The number of halogens is 3. The molecule has 1 aromatic heterocycles. The minimum atomic E-state index is -4.85. The van der Waals surface area contributed by atoms with Crippen molar-refractivity contribution >= 4 is 44.6 Å². The minimum absolute atomic E-state index is 0.0301. The summed E-state index contributed by atoms with van der Waals surface area (Å²) in [5.74, 6) is -2.90. The fourth-order valence-electron chi connectivity index (χ4n) is 7.70. The van der Waals surface area contributed by atoms with Gasteiger partial charge in [0.05, 0.1) is 24.1 Å². The van der Waals surface area contributed by atoms with Crippen molar-refractivity contribution in [1.29, 1.82) is 0 Å². The van der Waals surface area contributed by atoms with Crippen molar-refractivity contribution in [2.75, 3.05) is 13.2 Å². The number of alkyl carbamates (subject to hydrolysis) is 1. The van der Waals surface area contributed by atoms with E-state index in [2.05, 4.69) is 25.1 Å². The maximum absolute atomic E-state index is 14.7. The summed E-state index contributed by atoms with van der Waals surface area (Å²) in [5, 5.41) is 6.49. The Morgan fingerprint density at radius 3 is 2.50 bits per heavy atom. The molecule has 2 aliphatic heterocycles. The van der Waals surface area contributed by atoms with E-state index in [1.807, 2.05) is 32.1 Å². The quantitative estimate of drug-likeness (QED) is 0.266. The van der Waals surface area contributed by atoms with Gasteiger partial charge in [0.2, 0.25) is 27.7 Å². The van der Waals surface area contributed by atoms with Gasteiger partial charge in [-0.1, -0.05) is 51.1 Å². The van der Waals surface area contributed by atoms with Gasteiger partial charge in [-0.15, -0.1) is 0 Å². The Bertz CT molecular complexity index is 2040. The molecule has 2 aromatic rings. The first-order valence-corrected chi connectivity index (χ1v) is 21.3. The number of carbonyl (C=O) groups is 4. The highest BCUT2D eigenvalue weighted by molar-refractivity contribution is 7.91. The van der Waals surface area contributed by atoms with Crippen LogP contribution in [0.5, 0.6) is 11.6 Å². The summed E-state index contributed by atoms with van der Waals surface area (Å²) in [6.45, 7) is 8.07. The Hall–Kier alpha value is -4.61. The fraction of sp³-hybridized carbons (Fsp3) is 0.625. The van der Waals surface area contributed by atoms with Crippen molar-refractivity contribution in [3.8, 4) is 11.6 Å². The number of alkyl halides is 3. The molecule has 3 fully saturated rings. The maximum atomic E-state index is 14.7. The van der Waals surface area contributed by atoms with Crippen LogP contribution in [0.3, 0.4) is 0 Å². The zero-order valence-electron chi connectivity index (χ0n) is 33.3. The number of ether oxygens (including phenoxy) is 3. The van der Waals surface area contributed by atoms with Crippen molar-refractivity contribution < 1.29 is 55.0 Å². The number of rotatable bonds is 10. The van der Waals surface area contributed by atoms with Gasteiger partial charge < -0.3 is 29.7 Å². The first-order valence-electron chi connectivity index (χ1n) is 19.9. The summed E-state index contributed by atoms with van der Waals surface area (Å²) in [4.78, 5) is 61.8. The number of aromatic nitrogens is 1. The molecule has 58 heavy (non-hydrogen) atoms. The topological polar surface area (TPSA) is 182 Å². The lowest BCUT2D eigenvalue weighted by molar-refractivity contribution is -0.197. The number of nitrogens with one attached hydrogen (secondary N) is 3. The van der Waals surface area contributed by atoms with Crippen LogP contribution in [0.1, 0.15) is 86.0 Å². The first kappa shape index (κ1) is 43.0. The molecule has 0 bridgehead atoms. The maximum Gasteiger partial charge on any atom is 0.425 e. The lowest BCUT2D eigenvalue weighted by Crippen LogP contribution is -2.59. The molecule has 4 amide bonds. The van der Waals surface area contributed by atoms with Crippen LogP contribution in [0.15, 0.2) is 42.6 Å². The Morgan fingerprint density at radius 1 is 1.12 bits per heavy atom. The summed E-state index contributed by atoms with van der Waals surface area (Å²) < 4.78 is 84.5. The average molecular weight is 836 g/mol. The van der Waals surface area contributed by atoms with Gasteiger partial charge in [0.25, 0.3) is 5.91 Å². The van der Waals surface area contributed by atoms with E-state index in [0.717, 1.165) is 11.8 Å². The smallest absolute Gasteiger partial charge is 0.425 e. The van der Waals surface area contributed by atoms with Crippen molar-refractivity contribution in [3.05, 3.63) is 42.6 Å². The van der Waals surface area contributed by atoms with Gasteiger partial charge in [-0.3, -0.25) is 19.1 Å². The molecule has 1 aromatic carbocycles. The number of amides is 4. The monoisotopic (exact) mass is 835 g/mol. The molecule has 1 saturated heterocycles. The summed E-state index contributed by atoms with van der Waals surface area (Å²) in [6.07, 6.45) is -1.39. The van der Waals surface area contributed by atoms with E-state index in [-0.39, 0.29) is 31.2 Å². The normalized spacial score (nSPS) is 29.1. The number of hydrogen-bond acceptors (Lipinski definition) is 10. The Labute approximate surface area is 336 Å². The van der Waals surface area contributed by atoms with Crippen LogP contribution >= 0.6 is 0 Å². The van der Waals surface area contributed by atoms with Crippen LogP contribution in [0.4, 0.5) is 18.0 Å². The zero-order valence-corrected chi connectivity index (χ0v) is 34.1. The van der Waals surface area contributed by atoms with Crippen LogP contribution in [-0.4, -0.2) is 96.0 Å². The van der Waals surface area contributed by atoms with E-state index in [1.165, 1.54) is 18.0 Å². The van der Waals surface area contributed by atoms with E-state index in [9.17, 15) is 40.8 Å². The molecule has 2 aliphatic carbocycles. The molecule has 0 spiro atoms. The van der Waals surface area contributed by atoms with E-state index in [4.69, 9.17) is 9.47 Å². The van der Waals surface area contributed by atoms with Crippen molar-refractivity contribution in [1.82, 2.24) is 25.2 Å². The largest absolute Gasteiger partial charge is 0.491 e. The lowest BCUT2D eigenvalue weighted by Gasteiger charge is -2.33. The summed E-state index contributed by atoms with van der Waals surface area (Å²) in [7, 11) is -4.07. The molecular weight excluding hydrogens is 784 g/mol. The third-order valence-electron chi connectivity index (χ3n) is 11.7. The Morgan fingerprint density at radius 2 is 1.83 bits per heavy atom. The number of fused-ring (bicyclic) bond motifs is 3.